The fourth-order valence-corrected chi connectivity index (χ4v) is 1.97. The van der Waals surface area contributed by atoms with E-state index in [1.807, 2.05) is 39.0 Å². The quantitative estimate of drug-likeness (QED) is 0.802. The number of benzene rings is 1. The molecule has 0 aromatic heterocycles. The van der Waals surface area contributed by atoms with Crippen LogP contribution in [0.15, 0.2) is 27.1 Å². The first kappa shape index (κ1) is 14.4. The van der Waals surface area contributed by atoms with Crippen molar-refractivity contribution in [2.45, 2.75) is 25.5 Å². The minimum Gasteiger partial charge on any atom is -0.496 e. The molecule has 0 fully saturated rings. The summed E-state index contributed by atoms with van der Waals surface area (Å²) in [5, 5.41) is 0. The summed E-state index contributed by atoms with van der Waals surface area (Å²) in [6.07, 6.45) is 1.61. The number of nitrogens with zero attached hydrogens (tertiary/aromatic N) is 1. The van der Waals surface area contributed by atoms with E-state index in [9.17, 15) is 4.21 Å². The third-order valence-corrected chi connectivity index (χ3v) is 4.00. The molecule has 0 bridgehead atoms. The second kappa shape index (κ2) is 5.78. The van der Waals surface area contributed by atoms with Crippen LogP contribution < -0.4 is 4.74 Å². The van der Waals surface area contributed by atoms with Crippen molar-refractivity contribution >= 4 is 33.1 Å². The van der Waals surface area contributed by atoms with Crippen LogP contribution in [0.4, 0.5) is 0 Å². The number of rotatable bonds is 3. The normalized spacial score (nSPS) is 13.9. The summed E-state index contributed by atoms with van der Waals surface area (Å²) in [6, 6.07) is 5.60. The number of halogens is 1. The molecule has 0 unspecified atom stereocenters. The predicted octanol–water partition coefficient (Wildman–Crippen LogP) is 3.34. The lowest BCUT2D eigenvalue weighted by atomic mass is 10.2. The lowest BCUT2D eigenvalue weighted by Crippen LogP contribution is -2.19. The molecule has 1 rings (SSSR count). The van der Waals surface area contributed by atoms with Gasteiger partial charge in [-0.3, -0.25) is 0 Å². The van der Waals surface area contributed by atoms with Gasteiger partial charge in [0.25, 0.3) is 0 Å². The van der Waals surface area contributed by atoms with E-state index in [1.54, 1.807) is 13.3 Å². The third kappa shape index (κ3) is 4.24. The molecule has 94 valence electrons. The Balaban J connectivity index is 2.89. The molecule has 0 radical (unpaired) electrons. The van der Waals surface area contributed by atoms with Gasteiger partial charge in [-0.1, -0.05) is 6.07 Å². The maximum Gasteiger partial charge on any atom is 0.144 e. The monoisotopic (exact) mass is 317 g/mol. The first-order chi connectivity index (χ1) is 7.84. The van der Waals surface area contributed by atoms with Crippen molar-refractivity contribution in [3.05, 3.63) is 28.2 Å². The van der Waals surface area contributed by atoms with Crippen LogP contribution in [0.3, 0.4) is 0 Å². The van der Waals surface area contributed by atoms with Crippen LogP contribution in [0.5, 0.6) is 5.75 Å². The highest BCUT2D eigenvalue weighted by Gasteiger charge is 2.18. The van der Waals surface area contributed by atoms with Crippen molar-refractivity contribution in [2.75, 3.05) is 7.11 Å². The molecule has 0 aliphatic carbocycles. The predicted molar refractivity (Wildman–Crippen MR) is 76.2 cm³/mol. The fraction of sp³-hybridized carbons (Fsp3) is 0.417. The van der Waals surface area contributed by atoms with Crippen molar-refractivity contribution < 1.29 is 8.95 Å². The summed E-state index contributed by atoms with van der Waals surface area (Å²) >= 11 is 3.37. The van der Waals surface area contributed by atoms with E-state index in [-0.39, 0.29) is 4.75 Å². The van der Waals surface area contributed by atoms with Crippen molar-refractivity contribution in [1.29, 1.82) is 0 Å². The Bertz CT molecular complexity index is 452. The Morgan fingerprint density at radius 2 is 2.06 bits per heavy atom. The summed E-state index contributed by atoms with van der Waals surface area (Å²) in [5.74, 6) is 0.732. The van der Waals surface area contributed by atoms with Crippen LogP contribution in [-0.2, 0) is 11.0 Å². The van der Waals surface area contributed by atoms with Gasteiger partial charge in [0.2, 0.25) is 0 Å². The summed E-state index contributed by atoms with van der Waals surface area (Å²) in [7, 11) is 0.371. The third-order valence-electron chi connectivity index (χ3n) is 2.00. The van der Waals surface area contributed by atoms with Gasteiger partial charge in [0.05, 0.1) is 16.3 Å². The van der Waals surface area contributed by atoms with E-state index < -0.39 is 11.0 Å². The van der Waals surface area contributed by atoms with Gasteiger partial charge in [0.1, 0.15) is 16.7 Å². The van der Waals surface area contributed by atoms with Crippen molar-refractivity contribution in [2.24, 2.45) is 4.40 Å². The van der Waals surface area contributed by atoms with Gasteiger partial charge < -0.3 is 4.74 Å². The Labute approximate surface area is 113 Å². The average molecular weight is 318 g/mol. The SMILES string of the molecule is COc1cc(/C=N/[S@@](=O)C(C)(C)C)ccc1Br. The second-order valence-corrected chi connectivity index (χ2v) is 7.28. The van der Waals surface area contributed by atoms with E-state index in [0.29, 0.717) is 0 Å². The van der Waals surface area contributed by atoms with Gasteiger partial charge >= 0.3 is 0 Å². The maximum atomic E-state index is 11.7. The number of hydrogen-bond acceptors (Lipinski definition) is 2. The van der Waals surface area contributed by atoms with Gasteiger partial charge in [-0.25, -0.2) is 4.21 Å². The highest BCUT2D eigenvalue weighted by Crippen LogP contribution is 2.25. The Morgan fingerprint density at radius 1 is 1.41 bits per heavy atom. The summed E-state index contributed by atoms with van der Waals surface area (Å²) < 4.78 is 21.5. The molecule has 3 nitrogen and oxygen atoms in total. The molecule has 0 amide bonds. The first-order valence-electron chi connectivity index (χ1n) is 5.14. The largest absolute Gasteiger partial charge is 0.496 e. The molecule has 1 aromatic carbocycles. The lowest BCUT2D eigenvalue weighted by molar-refractivity contribution is 0.412. The average Bonchev–Trinajstić information content (AvgIpc) is 2.26. The zero-order valence-corrected chi connectivity index (χ0v) is 12.8. The minimum absolute atomic E-state index is 0.337. The van der Waals surface area contributed by atoms with Crippen LogP contribution >= 0.6 is 15.9 Å². The van der Waals surface area contributed by atoms with Crippen LogP contribution in [0.25, 0.3) is 0 Å². The molecule has 17 heavy (non-hydrogen) atoms. The van der Waals surface area contributed by atoms with Crippen LogP contribution in [0, 0.1) is 0 Å². The number of hydrogen-bond donors (Lipinski definition) is 0. The molecule has 1 aromatic rings. The Morgan fingerprint density at radius 3 is 2.59 bits per heavy atom. The molecule has 0 saturated carbocycles. The van der Waals surface area contributed by atoms with Crippen LogP contribution in [0.1, 0.15) is 26.3 Å². The smallest absolute Gasteiger partial charge is 0.144 e. The first-order valence-corrected chi connectivity index (χ1v) is 7.04. The zero-order valence-electron chi connectivity index (χ0n) is 10.4. The van der Waals surface area contributed by atoms with E-state index in [1.165, 1.54) is 0 Å². The molecule has 0 N–H and O–H groups in total. The minimum atomic E-state index is -1.23. The second-order valence-electron chi connectivity index (χ2n) is 4.49. The molecule has 5 heteroatoms. The van der Waals surface area contributed by atoms with Crippen molar-refractivity contribution in [3.8, 4) is 5.75 Å². The standard InChI is InChI=1S/C12H16BrNO2S/c1-12(2,3)17(15)14-8-9-5-6-10(13)11(7-9)16-4/h5-8H,1-4H3/b14-8+/t17-/m0/s1. The highest BCUT2D eigenvalue weighted by atomic mass is 79.9. The van der Waals surface area contributed by atoms with E-state index >= 15 is 0 Å². The number of ether oxygens (including phenoxy) is 1. The van der Waals surface area contributed by atoms with Crippen molar-refractivity contribution in [3.63, 3.8) is 0 Å². The van der Waals surface area contributed by atoms with Gasteiger partial charge in [-0.05, 0) is 54.4 Å². The zero-order chi connectivity index (χ0) is 13.1. The van der Waals surface area contributed by atoms with E-state index in [4.69, 9.17) is 4.74 Å². The topological polar surface area (TPSA) is 38.7 Å². The van der Waals surface area contributed by atoms with E-state index in [0.717, 1.165) is 15.8 Å². The van der Waals surface area contributed by atoms with Crippen LogP contribution in [-0.4, -0.2) is 22.3 Å². The van der Waals surface area contributed by atoms with Gasteiger partial charge in [-0.15, -0.1) is 0 Å². The highest BCUT2D eigenvalue weighted by molar-refractivity contribution is 9.10. The maximum absolute atomic E-state index is 11.7. The molecular formula is C12H16BrNO2S. The Hall–Kier alpha value is -0.680. The lowest BCUT2D eigenvalue weighted by Gasteiger charge is -2.12. The molecule has 0 aliphatic heterocycles. The van der Waals surface area contributed by atoms with Gasteiger partial charge in [-0.2, -0.15) is 4.40 Å². The summed E-state index contributed by atoms with van der Waals surface area (Å²) in [6.45, 7) is 5.67. The van der Waals surface area contributed by atoms with Crippen LogP contribution in [0.2, 0.25) is 0 Å². The molecule has 0 saturated heterocycles. The molecule has 0 aliphatic rings. The molecule has 0 heterocycles. The summed E-state index contributed by atoms with van der Waals surface area (Å²) in [4.78, 5) is 0. The van der Waals surface area contributed by atoms with Gasteiger partial charge in [0, 0.05) is 6.21 Å². The van der Waals surface area contributed by atoms with E-state index in [2.05, 4.69) is 20.3 Å². The van der Waals surface area contributed by atoms with Crippen molar-refractivity contribution in [1.82, 2.24) is 0 Å². The Kier molecular flexibility index (Phi) is 4.89. The molecule has 0 spiro atoms. The fourth-order valence-electron chi connectivity index (χ4n) is 1.02. The molecule has 1 atom stereocenters. The molecular weight excluding hydrogens is 302 g/mol. The number of methoxy groups -OCH3 is 1. The summed E-state index contributed by atoms with van der Waals surface area (Å²) in [5.41, 5.74) is 0.864. The van der Waals surface area contributed by atoms with Gasteiger partial charge in [0.15, 0.2) is 0 Å².